The number of nitro benzene ring substituents is 2. The van der Waals surface area contributed by atoms with Gasteiger partial charge in [-0.2, -0.15) is 26.3 Å². The van der Waals surface area contributed by atoms with Crippen LogP contribution in [-0.2, 0) is 12.4 Å². The van der Waals surface area contributed by atoms with Crippen molar-refractivity contribution in [2.45, 2.75) is 24.9 Å². The molecule has 0 radical (unpaired) electrons. The Balaban J connectivity index is 0.000000257. The average molecular weight is 499 g/mol. The summed E-state index contributed by atoms with van der Waals surface area (Å²) >= 11 is 0. The molecule has 0 aliphatic carbocycles. The van der Waals surface area contributed by atoms with Gasteiger partial charge < -0.3 is 9.64 Å². The number of non-ortho nitro benzene ring substituents is 2. The van der Waals surface area contributed by atoms with Gasteiger partial charge in [0.25, 0.3) is 11.4 Å². The summed E-state index contributed by atoms with van der Waals surface area (Å²) in [6, 6.07) is 3.53. The van der Waals surface area contributed by atoms with Crippen molar-refractivity contribution in [1.82, 2.24) is 4.90 Å². The number of rotatable bonds is 4. The summed E-state index contributed by atoms with van der Waals surface area (Å²) in [5.41, 5.74) is -3.63. The van der Waals surface area contributed by atoms with Gasteiger partial charge in [0.1, 0.15) is 17.7 Å². The van der Waals surface area contributed by atoms with E-state index in [0.29, 0.717) is 31.2 Å². The molecule has 15 heteroatoms. The van der Waals surface area contributed by atoms with Gasteiger partial charge in [0.15, 0.2) is 0 Å². The second kappa shape index (κ2) is 10.2. The van der Waals surface area contributed by atoms with Crippen molar-refractivity contribution in [2.24, 2.45) is 0 Å². The summed E-state index contributed by atoms with van der Waals surface area (Å²) in [5.74, 6) is -2.13. The molecule has 186 valence electrons. The van der Waals surface area contributed by atoms with Crippen LogP contribution < -0.4 is 4.74 Å². The van der Waals surface area contributed by atoms with Crippen molar-refractivity contribution < 1.29 is 45.3 Å². The number of nitrogens with zero attached hydrogens (tertiary/aromatic N) is 3. The molecule has 0 amide bonds. The minimum Gasteiger partial charge on any atom is -0.488 e. The lowest BCUT2D eigenvalue weighted by atomic mass is 10.1. The van der Waals surface area contributed by atoms with Gasteiger partial charge in [0.2, 0.25) is 0 Å². The Morgan fingerprint density at radius 1 is 0.912 bits per heavy atom. The van der Waals surface area contributed by atoms with Gasteiger partial charge >= 0.3 is 12.4 Å². The highest BCUT2D eigenvalue weighted by Gasteiger charge is 2.37. The van der Waals surface area contributed by atoms with E-state index in [9.17, 15) is 51.0 Å². The van der Waals surface area contributed by atoms with Crippen LogP contribution in [-0.4, -0.2) is 41.0 Å². The molecule has 0 N–H and O–H groups in total. The van der Waals surface area contributed by atoms with E-state index in [2.05, 4.69) is 0 Å². The first-order valence-corrected chi connectivity index (χ1v) is 9.31. The number of benzene rings is 2. The van der Waals surface area contributed by atoms with E-state index in [1.807, 2.05) is 11.9 Å². The van der Waals surface area contributed by atoms with Crippen molar-refractivity contribution in [3.05, 3.63) is 73.6 Å². The van der Waals surface area contributed by atoms with Gasteiger partial charge in [-0.1, -0.05) is 0 Å². The highest BCUT2D eigenvalue weighted by molar-refractivity contribution is 5.46. The molecular weight excluding hydrogens is 483 g/mol. The Labute approximate surface area is 186 Å². The predicted octanol–water partition coefficient (Wildman–Crippen LogP) is 5.45. The lowest BCUT2D eigenvalue weighted by Crippen LogP contribution is -2.22. The molecule has 1 aliphatic heterocycles. The molecule has 1 atom stereocenters. The van der Waals surface area contributed by atoms with Gasteiger partial charge in [0.05, 0.1) is 33.1 Å². The zero-order valence-electron chi connectivity index (χ0n) is 17.2. The Bertz CT molecular complexity index is 1060. The van der Waals surface area contributed by atoms with Crippen molar-refractivity contribution in [1.29, 1.82) is 0 Å². The Morgan fingerprint density at radius 2 is 1.41 bits per heavy atom. The van der Waals surface area contributed by atoms with Gasteiger partial charge in [-0.25, -0.2) is 4.39 Å². The maximum absolute atomic E-state index is 12.9. The number of ether oxygens (including phenoxy) is 1. The third kappa shape index (κ3) is 7.00. The van der Waals surface area contributed by atoms with E-state index in [0.717, 1.165) is 18.7 Å². The van der Waals surface area contributed by atoms with E-state index in [4.69, 9.17) is 4.74 Å². The fraction of sp³-hybridized carbons (Fsp3) is 0.368. The quantitative estimate of drug-likeness (QED) is 0.315. The summed E-state index contributed by atoms with van der Waals surface area (Å²) < 4.78 is 92.5. The first-order valence-electron chi connectivity index (χ1n) is 9.31. The summed E-state index contributed by atoms with van der Waals surface area (Å²) in [7, 11) is 1.83. The first kappa shape index (κ1) is 26.8. The second-order valence-corrected chi connectivity index (χ2v) is 7.15. The third-order valence-electron chi connectivity index (χ3n) is 4.59. The number of hydrogen-bond donors (Lipinski definition) is 0. The number of likely N-dealkylation sites (N-methyl/N-ethyl adjacent to an activating group) is 1. The molecule has 1 saturated heterocycles. The van der Waals surface area contributed by atoms with Crippen LogP contribution in [0.25, 0.3) is 0 Å². The van der Waals surface area contributed by atoms with Crippen LogP contribution in [0.5, 0.6) is 5.75 Å². The number of likely N-dealkylation sites (tertiary alicyclic amines) is 1. The second-order valence-electron chi connectivity index (χ2n) is 7.15. The molecular formula is C19H16F7N3O5. The molecule has 0 aromatic heterocycles. The predicted molar refractivity (Wildman–Crippen MR) is 103 cm³/mol. The molecule has 0 saturated carbocycles. The van der Waals surface area contributed by atoms with Crippen LogP contribution in [0.3, 0.4) is 0 Å². The van der Waals surface area contributed by atoms with Gasteiger partial charge in [-0.15, -0.1) is 0 Å². The van der Waals surface area contributed by atoms with E-state index in [1.54, 1.807) is 0 Å². The van der Waals surface area contributed by atoms with E-state index < -0.39 is 56.3 Å². The molecule has 1 fully saturated rings. The van der Waals surface area contributed by atoms with Crippen LogP contribution in [0.1, 0.15) is 17.5 Å². The standard InChI is InChI=1S/C12H13F3N2O3.C7H3F4NO2/c1-16-5-4-9(7-16)20-11-6-8(17(18)19)2-3-10(11)12(13,14)15;8-6-3-4(12(13)14)1-2-5(6)7(9,10)11/h2-3,6,9H,4-5,7H2,1H3;1-3H/t9-;/m1./s1. The molecule has 3 rings (SSSR count). The Morgan fingerprint density at radius 3 is 1.82 bits per heavy atom. The average Bonchev–Trinajstić information content (AvgIpc) is 3.11. The minimum atomic E-state index is -4.83. The number of halogens is 7. The van der Waals surface area contributed by atoms with Gasteiger partial charge in [0, 0.05) is 25.2 Å². The topological polar surface area (TPSA) is 98.8 Å². The van der Waals surface area contributed by atoms with E-state index in [1.165, 1.54) is 0 Å². The molecule has 1 aliphatic rings. The maximum atomic E-state index is 12.9. The van der Waals surface area contributed by atoms with Crippen molar-refractivity contribution in [3.8, 4) is 5.75 Å². The van der Waals surface area contributed by atoms with Crippen LogP contribution >= 0.6 is 0 Å². The smallest absolute Gasteiger partial charge is 0.419 e. The minimum absolute atomic E-state index is 0.239. The summed E-state index contributed by atoms with van der Waals surface area (Å²) in [4.78, 5) is 21.0. The lowest BCUT2D eigenvalue weighted by molar-refractivity contribution is -0.385. The fourth-order valence-corrected chi connectivity index (χ4v) is 2.97. The number of alkyl halides is 6. The third-order valence-corrected chi connectivity index (χ3v) is 4.59. The normalized spacial score (nSPS) is 16.5. The van der Waals surface area contributed by atoms with E-state index >= 15 is 0 Å². The highest BCUT2D eigenvalue weighted by atomic mass is 19.4. The van der Waals surface area contributed by atoms with Gasteiger partial charge in [-0.3, -0.25) is 20.2 Å². The van der Waals surface area contributed by atoms with Crippen molar-refractivity contribution in [3.63, 3.8) is 0 Å². The maximum Gasteiger partial charge on any atom is 0.419 e. The molecule has 1 heterocycles. The summed E-state index contributed by atoms with van der Waals surface area (Å²) in [6.07, 6.45) is -9.23. The van der Waals surface area contributed by atoms with Gasteiger partial charge in [-0.05, 0) is 25.6 Å². The molecule has 0 spiro atoms. The van der Waals surface area contributed by atoms with Crippen LogP contribution in [0, 0.1) is 26.0 Å². The van der Waals surface area contributed by atoms with Crippen molar-refractivity contribution >= 4 is 11.4 Å². The molecule has 2 aromatic rings. The SMILES string of the molecule is CN1CC[C@@H](Oc2cc([N+](=O)[O-])ccc2C(F)(F)F)C1.O=[N+]([O-])c1ccc(C(F)(F)F)c(F)c1. The zero-order valence-corrected chi connectivity index (χ0v) is 17.2. The molecule has 8 nitrogen and oxygen atoms in total. The molecule has 2 aromatic carbocycles. The van der Waals surface area contributed by atoms with Crippen LogP contribution in [0.15, 0.2) is 36.4 Å². The summed E-state index contributed by atoms with van der Waals surface area (Å²) in [6.45, 7) is 1.22. The molecule has 0 bridgehead atoms. The monoisotopic (exact) mass is 499 g/mol. The Hall–Kier alpha value is -3.49. The highest BCUT2D eigenvalue weighted by Crippen LogP contribution is 2.39. The zero-order chi connectivity index (χ0) is 25.8. The van der Waals surface area contributed by atoms with Crippen molar-refractivity contribution in [2.75, 3.05) is 20.1 Å². The van der Waals surface area contributed by atoms with E-state index in [-0.39, 0.29) is 12.2 Å². The largest absolute Gasteiger partial charge is 0.488 e. The molecule has 0 unspecified atom stereocenters. The number of nitro groups is 2. The first-order chi connectivity index (χ1) is 15.6. The van der Waals surface area contributed by atoms with Crippen LogP contribution in [0.2, 0.25) is 0 Å². The lowest BCUT2D eigenvalue weighted by Gasteiger charge is -2.18. The number of hydrogen-bond acceptors (Lipinski definition) is 6. The fourth-order valence-electron chi connectivity index (χ4n) is 2.97. The summed E-state index contributed by atoms with van der Waals surface area (Å²) in [5, 5.41) is 20.7. The van der Waals surface area contributed by atoms with Crippen LogP contribution in [0.4, 0.5) is 42.1 Å². The Kier molecular flexibility index (Phi) is 8.02. The molecule has 34 heavy (non-hydrogen) atoms.